The van der Waals surface area contributed by atoms with Gasteiger partial charge in [0, 0.05) is 44.3 Å². The Labute approximate surface area is 172 Å². The number of benzene rings is 1. The highest BCUT2D eigenvalue weighted by Gasteiger charge is 2.34. The van der Waals surface area contributed by atoms with E-state index in [1.165, 1.54) is 6.07 Å². The number of hydrogen-bond acceptors (Lipinski definition) is 4. The number of rotatable bonds is 5. The van der Waals surface area contributed by atoms with Crippen molar-refractivity contribution in [2.24, 2.45) is 0 Å². The molecule has 1 aromatic rings. The van der Waals surface area contributed by atoms with E-state index < -0.39 is 17.6 Å². The Hall–Kier alpha value is -1.84. The molecule has 10 heteroatoms. The first kappa shape index (κ1) is 21.9. The predicted octanol–water partition coefficient (Wildman–Crippen LogP) is 2.54. The summed E-state index contributed by atoms with van der Waals surface area (Å²) in [7, 11) is 0. The molecule has 0 radical (unpaired) electrons. The molecular weight excluding hydrogens is 409 g/mol. The first-order chi connectivity index (χ1) is 13.7. The molecule has 2 amide bonds. The van der Waals surface area contributed by atoms with Crippen molar-refractivity contribution in [2.75, 3.05) is 57.7 Å². The smallest absolute Gasteiger partial charge is 0.342 e. The molecule has 6 nitrogen and oxygen atoms in total. The largest absolute Gasteiger partial charge is 0.418 e. The van der Waals surface area contributed by atoms with Gasteiger partial charge in [-0.15, -0.1) is 0 Å². The van der Waals surface area contributed by atoms with E-state index in [4.69, 9.17) is 11.6 Å². The lowest BCUT2D eigenvalue weighted by Gasteiger charge is -2.34. The third kappa shape index (κ3) is 6.07. The van der Waals surface area contributed by atoms with Gasteiger partial charge in [0.1, 0.15) is 0 Å². The van der Waals surface area contributed by atoms with Crippen LogP contribution in [0.2, 0.25) is 5.02 Å². The van der Waals surface area contributed by atoms with Gasteiger partial charge >= 0.3 is 6.18 Å². The van der Waals surface area contributed by atoms with E-state index in [1.807, 2.05) is 9.80 Å². The zero-order chi connectivity index (χ0) is 21.0. The molecule has 0 spiro atoms. The lowest BCUT2D eigenvalue weighted by molar-refractivity contribution is -0.137. The first-order valence-electron chi connectivity index (χ1n) is 9.61. The fraction of sp³-hybridized carbons (Fsp3) is 0.579. The highest BCUT2D eigenvalue weighted by Crippen LogP contribution is 2.36. The van der Waals surface area contributed by atoms with E-state index in [2.05, 4.69) is 10.2 Å². The molecule has 2 aliphatic rings. The lowest BCUT2D eigenvalue weighted by Crippen LogP contribution is -2.51. The van der Waals surface area contributed by atoms with Gasteiger partial charge in [-0.3, -0.25) is 19.4 Å². The second-order valence-electron chi connectivity index (χ2n) is 7.38. The van der Waals surface area contributed by atoms with Gasteiger partial charge in [0.15, 0.2) is 0 Å². The molecule has 160 valence electrons. The Morgan fingerprint density at radius 1 is 0.966 bits per heavy atom. The molecule has 1 aromatic carbocycles. The number of halogens is 4. The van der Waals surface area contributed by atoms with Crippen LogP contribution in [0.15, 0.2) is 18.2 Å². The van der Waals surface area contributed by atoms with Gasteiger partial charge in [0.25, 0.3) is 0 Å². The van der Waals surface area contributed by atoms with Crippen LogP contribution in [0.3, 0.4) is 0 Å². The summed E-state index contributed by atoms with van der Waals surface area (Å²) in [5.74, 6) is -0.379. The standard InChI is InChI=1S/C19H24ClF3N4O2/c20-14-3-4-16(15(11-14)19(21,22)23)24-17(28)12-25-7-9-26(10-8-25)13-18(29)27-5-1-2-6-27/h3-4,11H,1-2,5-10,12-13H2,(H,24,28). The number of anilines is 1. The molecule has 2 fully saturated rings. The predicted molar refractivity (Wildman–Crippen MR) is 104 cm³/mol. The van der Waals surface area contributed by atoms with E-state index in [0.29, 0.717) is 32.7 Å². The van der Waals surface area contributed by atoms with Crippen molar-refractivity contribution in [3.63, 3.8) is 0 Å². The Morgan fingerprint density at radius 3 is 2.14 bits per heavy atom. The Bertz CT molecular complexity index is 745. The summed E-state index contributed by atoms with van der Waals surface area (Å²) < 4.78 is 39.4. The molecule has 0 unspecified atom stereocenters. The van der Waals surface area contributed by atoms with Crippen LogP contribution in [0.1, 0.15) is 18.4 Å². The van der Waals surface area contributed by atoms with Crippen LogP contribution >= 0.6 is 11.6 Å². The van der Waals surface area contributed by atoms with Crippen LogP contribution in [0.5, 0.6) is 0 Å². The van der Waals surface area contributed by atoms with Crippen molar-refractivity contribution in [2.45, 2.75) is 19.0 Å². The normalized spacial score (nSPS) is 18.8. The van der Waals surface area contributed by atoms with Crippen LogP contribution in [-0.2, 0) is 15.8 Å². The number of nitrogens with zero attached hydrogens (tertiary/aromatic N) is 3. The number of amides is 2. The summed E-state index contributed by atoms with van der Waals surface area (Å²) in [5, 5.41) is 2.29. The van der Waals surface area contributed by atoms with Gasteiger partial charge in [-0.2, -0.15) is 13.2 Å². The Morgan fingerprint density at radius 2 is 1.55 bits per heavy atom. The fourth-order valence-electron chi connectivity index (χ4n) is 3.62. The number of nitrogens with one attached hydrogen (secondary N) is 1. The Kier molecular flexibility index (Phi) is 7.02. The summed E-state index contributed by atoms with van der Waals surface area (Å²) in [6, 6.07) is 3.26. The number of likely N-dealkylation sites (tertiary alicyclic amines) is 1. The molecule has 0 aliphatic carbocycles. The highest BCUT2D eigenvalue weighted by molar-refractivity contribution is 6.30. The molecule has 2 aliphatic heterocycles. The quantitative estimate of drug-likeness (QED) is 0.777. The summed E-state index contributed by atoms with van der Waals surface area (Å²) in [6.45, 7) is 4.45. The average Bonchev–Trinajstić information content (AvgIpc) is 3.19. The zero-order valence-corrected chi connectivity index (χ0v) is 16.7. The van der Waals surface area contributed by atoms with Crippen molar-refractivity contribution >= 4 is 29.1 Å². The fourth-order valence-corrected chi connectivity index (χ4v) is 3.79. The third-order valence-corrected chi connectivity index (χ3v) is 5.45. The van der Waals surface area contributed by atoms with Gasteiger partial charge in [0.2, 0.25) is 11.8 Å². The summed E-state index contributed by atoms with van der Waals surface area (Å²) in [5.41, 5.74) is -1.27. The highest BCUT2D eigenvalue weighted by atomic mass is 35.5. The maximum Gasteiger partial charge on any atom is 0.418 e. The van der Waals surface area contributed by atoms with Crippen molar-refractivity contribution in [3.8, 4) is 0 Å². The number of carbonyl (C=O) groups excluding carboxylic acids is 2. The second kappa shape index (κ2) is 9.32. The third-order valence-electron chi connectivity index (χ3n) is 5.21. The van der Waals surface area contributed by atoms with Gasteiger partial charge < -0.3 is 10.2 Å². The summed E-state index contributed by atoms with van der Waals surface area (Å²) in [6.07, 6.45) is -2.50. The minimum Gasteiger partial charge on any atom is -0.342 e. The molecule has 2 saturated heterocycles. The number of piperazine rings is 1. The van der Waals surface area contributed by atoms with Gasteiger partial charge in [-0.05, 0) is 31.0 Å². The SMILES string of the molecule is O=C(CN1CCN(CC(=O)N2CCCC2)CC1)Nc1ccc(Cl)cc1C(F)(F)F. The maximum absolute atomic E-state index is 13.1. The summed E-state index contributed by atoms with van der Waals surface area (Å²) in [4.78, 5) is 30.3. The molecule has 0 saturated carbocycles. The van der Waals surface area contributed by atoms with Gasteiger partial charge in [0.05, 0.1) is 24.3 Å². The van der Waals surface area contributed by atoms with Crippen LogP contribution in [0.25, 0.3) is 0 Å². The number of alkyl halides is 3. The molecule has 1 N–H and O–H groups in total. The van der Waals surface area contributed by atoms with Gasteiger partial charge in [-0.25, -0.2) is 0 Å². The maximum atomic E-state index is 13.1. The molecule has 0 bridgehead atoms. The number of carbonyl (C=O) groups is 2. The molecule has 2 heterocycles. The molecule has 0 aromatic heterocycles. The van der Waals surface area contributed by atoms with E-state index in [0.717, 1.165) is 38.1 Å². The van der Waals surface area contributed by atoms with E-state index in [1.54, 1.807) is 0 Å². The zero-order valence-electron chi connectivity index (χ0n) is 16.0. The van der Waals surface area contributed by atoms with Gasteiger partial charge in [-0.1, -0.05) is 11.6 Å². The lowest BCUT2D eigenvalue weighted by atomic mass is 10.1. The van der Waals surface area contributed by atoms with Crippen molar-refractivity contribution < 1.29 is 22.8 Å². The summed E-state index contributed by atoms with van der Waals surface area (Å²) >= 11 is 5.65. The van der Waals surface area contributed by atoms with Crippen LogP contribution in [0.4, 0.5) is 18.9 Å². The van der Waals surface area contributed by atoms with Crippen LogP contribution in [-0.4, -0.2) is 78.9 Å². The second-order valence-corrected chi connectivity index (χ2v) is 7.81. The molecule has 29 heavy (non-hydrogen) atoms. The topological polar surface area (TPSA) is 55.9 Å². The molecule has 3 rings (SSSR count). The first-order valence-corrected chi connectivity index (χ1v) is 9.99. The molecular formula is C19H24ClF3N4O2. The van der Waals surface area contributed by atoms with E-state index >= 15 is 0 Å². The molecule has 0 atom stereocenters. The van der Waals surface area contributed by atoms with Crippen LogP contribution < -0.4 is 5.32 Å². The average molecular weight is 433 g/mol. The van der Waals surface area contributed by atoms with E-state index in [9.17, 15) is 22.8 Å². The van der Waals surface area contributed by atoms with E-state index in [-0.39, 0.29) is 23.2 Å². The minimum absolute atomic E-state index is 0.00612. The minimum atomic E-state index is -4.61. The van der Waals surface area contributed by atoms with Crippen molar-refractivity contribution in [3.05, 3.63) is 28.8 Å². The van der Waals surface area contributed by atoms with Crippen molar-refractivity contribution in [1.82, 2.24) is 14.7 Å². The number of hydrogen-bond donors (Lipinski definition) is 1. The van der Waals surface area contributed by atoms with Crippen molar-refractivity contribution in [1.29, 1.82) is 0 Å². The monoisotopic (exact) mass is 432 g/mol. The Balaban J connectivity index is 1.47. The van der Waals surface area contributed by atoms with Crippen LogP contribution in [0, 0.1) is 0 Å².